The number of unbranched alkanes of at least 4 members (excludes halogenated alkanes) is 5. The van der Waals surface area contributed by atoms with E-state index in [0.717, 1.165) is 0 Å². The summed E-state index contributed by atoms with van der Waals surface area (Å²) in [7, 11) is 1.64. The second-order valence-corrected chi connectivity index (χ2v) is 6.02. The van der Waals surface area contributed by atoms with Crippen molar-refractivity contribution in [1.29, 1.82) is 0 Å². The summed E-state index contributed by atoms with van der Waals surface area (Å²) >= 11 is 0. The van der Waals surface area contributed by atoms with Crippen molar-refractivity contribution in [2.45, 2.75) is 51.9 Å². The van der Waals surface area contributed by atoms with Gasteiger partial charge in [-0.05, 0) is 30.7 Å². The molecule has 0 unspecified atom stereocenters. The second-order valence-electron chi connectivity index (χ2n) is 4.67. The maximum atomic E-state index is 2.28. The van der Waals surface area contributed by atoms with E-state index < -0.39 is 0 Å². The third-order valence-electron chi connectivity index (χ3n) is 3.07. The topological polar surface area (TPSA) is 0 Å². The van der Waals surface area contributed by atoms with Crippen LogP contribution in [-0.2, 0) is 6.42 Å². The van der Waals surface area contributed by atoms with Gasteiger partial charge in [-0.1, -0.05) is 77.9 Å². The van der Waals surface area contributed by atoms with Crippen molar-refractivity contribution in [2.75, 3.05) is 12.3 Å². The Morgan fingerprint density at radius 2 is 1.53 bits per heavy atom. The van der Waals surface area contributed by atoms with E-state index in [1.54, 1.807) is 8.58 Å². The highest BCUT2D eigenvalue weighted by molar-refractivity contribution is 7.37. The SMILES string of the molecule is CCCCCCCC[P]CCc1ccccc1. The minimum atomic E-state index is 1.25. The molecule has 0 aromatic heterocycles. The lowest BCUT2D eigenvalue weighted by Crippen LogP contribution is -1.88. The van der Waals surface area contributed by atoms with Crippen LogP contribution in [0.15, 0.2) is 30.3 Å². The van der Waals surface area contributed by atoms with Crippen molar-refractivity contribution in [1.82, 2.24) is 0 Å². The summed E-state index contributed by atoms with van der Waals surface area (Å²) in [5, 5.41) is 0. The van der Waals surface area contributed by atoms with E-state index in [0.29, 0.717) is 0 Å². The van der Waals surface area contributed by atoms with Gasteiger partial charge >= 0.3 is 0 Å². The van der Waals surface area contributed by atoms with Gasteiger partial charge in [0.25, 0.3) is 0 Å². The number of hydrogen-bond donors (Lipinski definition) is 0. The van der Waals surface area contributed by atoms with E-state index in [9.17, 15) is 0 Å². The molecule has 0 heterocycles. The van der Waals surface area contributed by atoms with Gasteiger partial charge in [0.05, 0.1) is 0 Å². The van der Waals surface area contributed by atoms with Crippen LogP contribution in [0.5, 0.6) is 0 Å². The van der Waals surface area contributed by atoms with Crippen molar-refractivity contribution in [3.8, 4) is 0 Å². The molecule has 0 aliphatic carbocycles. The molecule has 0 aliphatic heterocycles. The second kappa shape index (κ2) is 10.8. The summed E-state index contributed by atoms with van der Waals surface area (Å²) in [6.07, 6.45) is 12.5. The third kappa shape index (κ3) is 8.38. The van der Waals surface area contributed by atoms with Crippen molar-refractivity contribution in [3.63, 3.8) is 0 Å². The molecule has 0 fully saturated rings. The molecule has 0 saturated carbocycles. The van der Waals surface area contributed by atoms with Crippen LogP contribution >= 0.6 is 8.58 Å². The predicted molar refractivity (Wildman–Crippen MR) is 80.2 cm³/mol. The Labute approximate surface area is 109 Å². The molecular formula is C16H26P. The van der Waals surface area contributed by atoms with E-state index in [4.69, 9.17) is 0 Å². The Morgan fingerprint density at radius 1 is 0.824 bits per heavy atom. The van der Waals surface area contributed by atoms with Crippen LogP contribution in [0.25, 0.3) is 0 Å². The van der Waals surface area contributed by atoms with Gasteiger partial charge in [-0.2, -0.15) is 0 Å². The van der Waals surface area contributed by atoms with Gasteiger partial charge in [0, 0.05) is 0 Å². The minimum Gasteiger partial charge on any atom is -0.0806 e. The van der Waals surface area contributed by atoms with Crippen LogP contribution in [0.1, 0.15) is 51.0 Å². The first-order chi connectivity index (χ1) is 8.43. The Morgan fingerprint density at radius 3 is 2.29 bits per heavy atom. The maximum Gasteiger partial charge on any atom is -0.0236 e. The number of benzene rings is 1. The standard InChI is InChI=1S/C16H26P/c1-2-3-4-5-6-10-14-17-15-13-16-11-8-7-9-12-16/h7-9,11-12H,2-6,10,13-15H2,1H3. The van der Waals surface area contributed by atoms with Gasteiger partial charge in [0.15, 0.2) is 0 Å². The van der Waals surface area contributed by atoms with Crippen molar-refractivity contribution in [3.05, 3.63) is 35.9 Å². The first kappa shape index (κ1) is 14.7. The normalized spacial score (nSPS) is 11.4. The molecule has 0 aliphatic rings. The van der Waals surface area contributed by atoms with Gasteiger partial charge in [-0.3, -0.25) is 0 Å². The lowest BCUT2D eigenvalue weighted by Gasteiger charge is -2.02. The van der Waals surface area contributed by atoms with Crippen LogP contribution in [0, 0.1) is 0 Å². The molecule has 17 heavy (non-hydrogen) atoms. The molecule has 0 saturated heterocycles. The highest BCUT2D eigenvalue weighted by atomic mass is 31.1. The zero-order valence-corrected chi connectivity index (χ0v) is 12.1. The largest absolute Gasteiger partial charge is 0.0806 e. The van der Waals surface area contributed by atoms with Gasteiger partial charge in [0.2, 0.25) is 0 Å². The number of rotatable bonds is 10. The summed E-state index contributed by atoms with van der Waals surface area (Å²) < 4.78 is 0. The van der Waals surface area contributed by atoms with Gasteiger partial charge in [-0.15, -0.1) is 0 Å². The van der Waals surface area contributed by atoms with Gasteiger partial charge in [0.1, 0.15) is 0 Å². The highest BCUT2D eigenvalue weighted by Crippen LogP contribution is 2.16. The zero-order chi connectivity index (χ0) is 12.2. The molecule has 0 atom stereocenters. The molecule has 0 nitrogen and oxygen atoms in total. The average Bonchev–Trinajstić information content (AvgIpc) is 2.38. The minimum absolute atomic E-state index is 1.25. The van der Waals surface area contributed by atoms with Crippen LogP contribution in [0.2, 0.25) is 0 Å². The predicted octanol–water partition coefficient (Wildman–Crippen LogP) is 5.54. The Bertz CT molecular complexity index is 255. The number of hydrogen-bond acceptors (Lipinski definition) is 0. The smallest absolute Gasteiger partial charge is 0.0236 e. The summed E-state index contributed by atoms with van der Waals surface area (Å²) in [6, 6.07) is 10.8. The van der Waals surface area contributed by atoms with E-state index >= 15 is 0 Å². The van der Waals surface area contributed by atoms with Crippen LogP contribution < -0.4 is 0 Å². The Hall–Kier alpha value is -0.350. The van der Waals surface area contributed by atoms with Gasteiger partial charge < -0.3 is 0 Å². The van der Waals surface area contributed by atoms with E-state index in [2.05, 4.69) is 37.3 Å². The lowest BCUT2D eigenvalue weighted by atomic mass is 10.1. The lowest BCUT2D eigenvalue weighted by molar-refractivity contribution is 0.626. The fourth-order valence-corrected chi connectivity index (χ4v) is 3.06. The molecule has 0 amide bonds. The molecule has 0 spiro atoms. The molecular weight excluding hydrogens is 223 g/mol. The first-order valence-electron chi connectivity index (χ1n) is 7.10. The Balaban J connectivity index is 1.85. The summed E-state index contributed by atoms with van der Waals surface area (Å²) in [6.45, 7) is 2.28. The van der Waals surface area contributed by atoms with E-state index in [1.807, 2.05) is 0 Å². The van der Waals surface area contributed by atoms with Gasteiger partial charge in [-0.25, -0.2) is 0 Å². The van der Waals surface area contributed by atoms with Crippen LogP contribution in [-0.4, -0.2) is 12.3 Å². The summed E-state index contributed by atoms with van der Waals surface area (Å²) in [5.41, 5.74) is 1.49. The molecule has 1 aromatic rings. The van der Waals surface area contributed by atoms with Crippen LogP contribution in [0.3, 0.4) is 0 Å². The van der Waals surface area contributed by atoms with E-state index in [1.165, 1.54) is 62.8 Å². The molecule has 1 aromatic carbocycles. The molecule has 1 radical (unpaired) electrons. The van der Waals surface area contributed by atoms with Crippen molar-refractivity contribution in [2.24, 2.45) is 0 Å². The molecule has 0 bridgehead atoms. The fraction of sp³-hybridized carbons (Fsp3) is 0.625. The highest BCUT2D eigenvalue weighted by Gasteiger charge is 1.94. The summed E-state index contributed by atoms with van der Waals surface area (Å²) in [5.74, 6) is 0. The van der Waals surface area contributed by atoms with Crippen molar-refractivity contribution >= 4 is 8.58 Å². The zero-order valence-electron chi connectivity index (χ0n) is 11.2. The monoisotopic (exact) mass is 249 g/mol. The molecule has 1 rings (SSSR count). The fourth-order valence-electron chi connectivity index (χ4n) is 1.97. The first-order valence-corrected chi connectivity index (χ1v) is 8.37. The molecule has 1 heteroatoms. The van der Waals surface area contributed by atoms with E-state index in [-0.39, 0.29) is 0 Å². The average molecular weight is 249 g/mol. The Kier molecular flexibility index (Phi) is 9.33. The maximum absolute atomic E-state index is 2.28. The third-order valence-corrected chi connectivity index (χ3v) is 4.24. The molecule has 95 valence electrons. The molecule has 0 N–H and O–H groups in total. The van der Waals surface area contributed by atoms with Crippen molar-refractivity contribution < 1.29 is 0 Å². The number of aryl methyl sites for hydroxylation is 1. The quantitative estimate of drug-likeness (QED) is 0.377. The summed E-state index contributed by atoms with van der Waals surface area (Å²) in [4.78, 5) is 0. The van der Waals surface area contributed by atoms with Crippen LogP contribution in [0.4, 0.5) is 0 Å².